The topological polar surface area (TPSA) is 70.6 Å². The summed E-state index contributed by atoms with van der Waals surface area (Å²) in [4.78, 5) is 26.0. The Kier molecular flexibility index (Phi) is 10.1. The fourth-order valence-corrected chi connectivity index (χ4v) is 5.61. The molecule has 0 spiro atoms. The highest BCUT2D eigenvalue weighted by molar-refractivity contribution is 5.96. The Morgan fingerprint density at radius 3 is 2.52 bits per heavy atom. The highest BCUT2D eigenvalue weighted by atomic mass is 19.1. The van der Waals surface area contributed by atoms with Crippen LogP contribution in [0.15, 0.2) is 48.8 Å². The van der Waals surface area contributed by atoms with E-state index in [1.165, 1.54) is 22.9 Å². The van der Waals surface area contributed by atoms with Crippen molar-refractivity contribution in [2.45, 2.75) is 72.5 Å². The van der Waals surface area contributed by atoms with Gasteiger partial charge in [-0.3, -0.25) is 9.78 Å². The highest BCUT2D eigenvalue weighted by Gasteiger charge is 2.28. The molecule has 8 heteroatoms. The number of rotatable bonds is 11. The molecule has 3 heterocycles. The number of hydrogen-bond donors (Lipinski definition) is 1. The van der Waals surface area contributed by atoms with Crippen molar-refractivity contribution in [3.63, 3.8) is 0 Å². The molecule has 214 valence electrons. The Labute approximate surface area is 237 Å². The number of halogens is 1. The van der Waals surface area contributed by atoms with Crippen LogP contribution in [-0.4, -0.2) is 59.1 Å². The summed E-state index contributed by atoms with van der Waals surface area (Å²) >= 11 is 0. The molecule has 7 nitrogen and oxygen atoms in total. The van der Waals surface area contributed by atoms with Gasteiger partial charge in [0.1, 0.15) is 5.75 Å². The number of aromatic nitrogens is 2. The van der Waals surface area contributed by atoms with Gasteiger partial charge in [-0.05, 0) is 107 Å². The molecule has 1 atom stereocenters. The maximum absolute atomic E-state index is 13.5. The van der Waals surface area contributed by atoms with Crippen molar-refractivity contribution < 1.29 is 13.9 Å². The molecule has 1 aliphatic rings. The van der Waals surface area contributed by atoms with E-state index < -0.39 is 5.95 Å². The largest absolute Gasteiger partial charge is 0.494 e. The lowest BCUT2D eigenvalue weighted by Crippen LogP contribution is -2.48. The fraction of sp³-hybridized carbons (Fsp3) is 0.469. The number of nitrogens with zero attached hydrogens (tertiary/aromatic N) is 4. The van der Waals surface area contributed by atoms with E-state index in [1.54, 1.807) is 13.8 Å². The predicted octanol–water partition coefficient (Wildman–Crippen LogP) is 5.62. The van der Waals surface area contributed by atoms with E-state index in [-0.39, 0.29) is 5.91 Å². The predicted molar refractivity (Wildman–Crippen MR) is 157 cm³/mol. The molecule has 1 fully saturated rings. The van der Waals surface area contributed by atoms with Gasteiger partial charge >= 0.3 is 0 Å². The van der Waals surface area contributed by atoms with Gasteiger partial charge in [0.05, 0.1) is 17.9 Å². The maximum Gasteiger partial charge on any atom is 0.253 e. The minimum absolute atomic E-state index is 0.190. The normalized spacial score (nSPS) is 15.1. The first-order valence-corrected chi connectivity index (χ1v) is 14.3. The Bertz CT molecular complexity index is 1250. The third kappa shape index (κ3) is 7.36. The number of pyridine rings is 2. The molecule has 1 aromatic carbocycles. The summed E-state index contributed by atoms with van der Waals surface area (Å²) in [5, 5.41) is 3.01. The summed E-state index contributed by atoms with van der Waals surface area (Å²) in [6.45, 7) is 13.8. The van der Waals surface area contributed by atoms with Gasteiger partial charge in [-0.1, -0.05) is 0 Å². The monoisotopic (exact) mass is 547 g/mol. The van der Waals surface area contributed by atoms with Crippen LogP contribution < -0.4 is 15.0 Å². The summed E-state index contributed by atoms with van der Waals surface area (Å²) < 4.78 is 19.2. The van der Waals surface area contributed by atoms with E-state index in [9.17, 15) is 9.18 Å². The number of amides is 1. The van der Waals surface area contributed by atoms with Crippen LogP contribution in [0.3, 0.4) is 0 Å². The number of anilines is 1. The molecule has 1 aliphatic heterocycles. The van der Waals surface area contributed by atoms with Crippen LogP contribution in [0, 0.1) is 26.7 Å². The van der Waals surface area contributed by atoms with Crippen molar-refractivity contribution in [1.29, 1.82) is 0 Å². The Morgan fingerprint density at radius 1 is 1.15 bits per heavy atom. The zero-order valence-corrected chi connectivity index (χ0v) is 24.4. The first-order valence-electron chi connectivity index (χ1n) is 14.3. The van der Waals surface area contributed by atoms with Gasteiger partial charge in [0.15, 0.2) is 0 Å². The summed E-state index contributed by atoms with van der Waals surface area (Å²) in [6.07, 6.45) is 6.79. The first-order chi connectivity index (χ1) is 19.3. The standard InChI is InChI=1S/C32H42FN5O2/c1-6-40-29-9-7-27(8-10-29)38(21-26-20-34-15-11-22(26)2)28-13-17-37(18-14-28)24(4)12-16-35-32(39)31-23(3)19-30(33)36-25(31)5/h7-11,15,19-20,24,28H,6,12-14,16-18,21H2,1-5H3,(H,35,39)/t24-/m1/s1. The van der Waals surface area contributed by atoms with Crippen LogP contribution in [0.25, 0.3) is 0 Å². The average Bonchev–Trinajstić information content (AvgIpc) is 2.93. The highest BCUT2D eigenvalue weighted by Crippen LogP contribution is 2.29. The third-order valence-corrected chi connectivity index (χ3v) is 7.97. The number of likely N-dealkylation sites (tertiary alicyclic amines) is 1. The van der Waals surface area contributed by atoms with Crippen molar-refractivity contribution in [1.82, 2.24) is 20.2 Å². The lowest BCUT2D eigenvalue weighted by molar-refractivity contribution is 0.0943. The summed E-state index contributed by atoms with van der Waals surface area (Å²) in [6, 6.07) is 12.6. The van der Waals surface area contributed by atoms with Gasteiger partial charge in [0.25, 0.3) is 5.91 Å². The second-order valence-corrected chi connectivity index (χ2v) is 10.7. The Hall–Kier alpha value is -3.52. The number of benzene rings is 1. The first kappa shape index (κ1) is 29.5. The summed E-state index contributed by atoms with van der Waals surface area (Å²) in [7, 11) is 0. The number of piperidine rings is 1. The van der Waals surface area contributed by atoms with Crippen LogP contribution in [0.4, 0.5) is 10.1 Å². The van der Waals surface area contributed by atoms with Gasteiger partial charge in [0.2, 0.25) is 5.95 Å². The SMILES string of the molecule is CCOc1ccc(N(Cc2cnccc2C)C2CCN([C@H](C)CCNC(=O)c3c(C)cc(F)nc3C)CC2)cc1. The van der Waals surface area contributed by atoms with Crippen molar-refractivity contribution in [2.24, 2.45) is 0 Å². The molecule has 1 saturated heterocycles. The average molecular weight is 548 g/mol. The van der Waals surface area contributed by atoms with Gasteiger partial charge in [-0.25, -0.2) is 4.98 Å². The van der Waals surface area contributed by atoms with Crippen LogP contribution >= 0.6 is 0 Å². The van der Waals surface area contributed by atoms with Crippen molar-refractivity contribution in [3.8, 4) is 5.75 Å². The lowest BCUT2D eigenvalue weighted by Gasteiger charge is -2.42. The molecule has 4 rings (SSSR count). The van der Waals surface area contributed by atoms with Crippen LogP contribution in [-0.2, 0) is 6.54 Å². The fourth-order valence-electron chi connectivity index (χ4n) is 5.61. The molecule has 1 N–H and O–H groups in total. The Morgan fingerprint density at radius 2 is 1.88 bits per heavy atom. The summed E-state index contributed by atoms with van der Waals surface area (Å²) in [5.41, 5.74) is 5.18. The van der Waals surface area contributed by atoms with Crippen LogP contribution in [0.1, 0.15) is 65.9 Å². The van der Waals surface area contributed by atoms with Gasteiger partial charge in [-0.15, -0.1) is 0 Å². The number of carbonyl (C=O) groups excluding carboxylic acids is 1. The van der Waals surface area contributed by atoms with Crippen LogP contribution in [0.5, 0.6) is 5.75 Å². The van der Waals surface area contributed by atoms with Gasteiger partial charge in [0, 0.05) is 56.3 Å². The molecule has 0 radical (unpaired) electrons. The van der Waals surface area contributed by atoms with E-state index in [0.717, 1.165) is 44.6 Å². The van der Waals surface area contributed by atoms with Crippen molar-refractivity contribution in [2.75, 3.05) is 31.1 Å². The molecule has 1 amide bonds. The number of carbonyl (C=O) groups is 1. The molecule has 2 aromatic heterocycles. The van der Waals surface area contributed by atoms with E-state index in [2.05, 4.69) is 69.3 Å². The lowest BCUT2D eigenvalue weighted by atomic mass is 9.99. The number of nitrogens with one attached hydrogen (secondary N) is 1. The zero-order valence-electron chi connectivity index (χ0n) is 24.4. The number of ether oxygens (including phenoxy) is 1. The third-order valence-electron chi connectivity index (χ3n) is 7.97. The molecular weight excluding hydrogens is 505 g/mol. The maximum atomic E-state index is 13.5. The van der Waals surface area contributed by atoms with E-state index in [4.69, 9.17) is 4.74 Å². The summed E-state index contributed by atoms with van der Waals surface area (Å²) in [5.74, 6) is 0.144. The quantitative estimate of drug-likeness (QED) is 0.314. The Balaban J connectivity index is 1.35. The number of hydrogen-bond acceptors (Lipinski definition) is 6. The minimum Gasteiger partial charge on any atom is -0.494 e. The van der Waals surface area contributed by atoms with E-state index in [0.29, 0.717) is 42.1 Å². The zero-order chi connectivity index (χ0) is 28.6. The molecular formula is C32H42FN5O2. The van der Waals surface area contributed by atoms with Gasteiger partial charge < -0.3 is 19.9 Å². The molecule has 40 heavy (non-hydrogen) atoms. The molecule has 0 saturated carbocycles. The minimum atomic E-state index is -0.555. The van der Waals surface area contributed by atoms with Crippen molar-refractivity contribution in [3.05, 3.63) is 82.7 Å². The smallest absolute Gasteiger partial charge is 0.253 e. The van der Waals surface area contributed by atoms with E-state index in [1.807, 2.05) is 19.3 Å². The van der Waals surface area contributed by atoms with Crippen molar-refractivity contribution >= 4 is 11.6 Å². The molecule has 0 bridgehead atoms. The van der Waals surface area contributed by atoms with Crippen LogP contribution in [0.2, 0.25) is 0 Å². The second-order valence-electron chi connectivity index (χ2n) is 10.7. The molecule has 3 aromatic rings. The molecule has 0 unspecified atom stereocenters. The number of aryl methyl sites for hydroxylation is 3. The second kappa shape index (κ2) is 13.7. The molecule has 0 aliphatic carbocycles. The van der Waals surface area contributed by atoms with Gasteiger partial charge in [-0.2, -0.15) is 4.39 Å². The van der Waals surface area contributed by atoms with E-state index >= 15 is 0 Å².